The molecular formula is C12H28N2O6S2. The summed E-state index contributed by atoms with van der Waals surface area (Å²) in [5.41, 5.74) is 0. The molecule has 0 aromatic heterocycles. The van der Waals surface area contributed by atoms with Crippen LogP contribution in [0.15, 0.2) is 0 Å². The third-order valence-electron chi connectivity index (χ3n) is 3.25. The maximum atomic E-state index is 9.99. The Labute approximate surface area is 133 Å². The summed E-state index contributed by atoms with van der Waals surface area (Å²) >= 11 is 0. The second kappa shape index (κ2) is 11.3. The van der Waals surface area contributed by atoms with Crippen LogP contribution in [0, 0.1) is 0 Å². The highest BCUT2D eigenvalue weighted by Crippen LogP contribution is 2.03. The first kappa shape index (κ1) is 21.7. The molecule has 0 atom stereocenters. The van der Waals surface area contributed by atoms with Crippen molar-refractivity contribution in [3.05, 3.63) is 0 Å². The van der Waals surface area contributed by atoms with Crippen LogP contribution in [0.1, 0.15) is 45.4 Å². The molecule has 0 aliphatic carbocycles. The van der Waals surface area contributed by atoms with Crippen LogP contribution in [0.5, 0.6) is 0 Å². The lowest BCUT2D eigenvalue weighted by molar-refractivity contribution is 0.458. The van der Waals surface area contributed by atoms with E-state index >= 15 is 0 Å². The van der Waals surface area contributed by atoms with E-state index in [4.69, 9.17) is 9.11 Å². The molecule has 2 aliphatic heterocycles. The fourth-order valence-electron chi connectivity index (χ4n) is 1.76. The maximum absolute atomic E-state index is 9.99. The van der Waals surface area contributed by atoms with Gasteiger partial charge in [0.15, 0.2) is 0 Å². The monoisotopic (exact) mass is 360 g/mol. The highest BCUT2D eigenvalue weighted by molar-refractivity contribution is 8.03. The fourth-order valence-corrected chi connectivity index (χ4v) is 2.99. The van der Waals surface area contributed by atoms with E-state index in [0.717, 1.165) is 0 Å². The van der Waals surface area contributed by atoms with Crippen molar-refractivity contribution in [3.8, 4) is 0 Å². The van der Waals surface area contributed by atoms with Crippen LogP contribution in [0.4, 0.5) is 0 Å². The number of rotatable bonds is 2. The smallest absolute Gasteiger partial charge is 0.284 e. The summed E-state index contributed by atoms with van der Waals surface area (Å²) in [6, 6.07) is 0. The predicted molar refractivity (Wildman–Crippen MR) is 86.0 cm³/mol. The topological polar surface area (TPSA) is 133 Å². The van der Waals surface area contributed by atoms with Crippen molar-refractivity contribution in [2.24, 2.45) is 0 Å². The Morgan fingerprint density at radius 2 is 0.955 bits per heavy atom. The van der Waals surface area contributed by atoms with Crippen LogP contribution in [0.2, 0.25) is 0 Å². The second-order valence-electron chi connectivity index (χ2n) is 5.22. The molecule has 4 N–H and O–H groups in total. The lowest BCUT2D eigenvalue weighted by Crippen LogP contribution is -2.25. The molecule has 0 bridgehead atoms. The van der Waals surface area contributed by atoms with Gasteiger partial charge in [-0.2, -0.15) is 16.8 Å². The average molecular weight is 360 g/mol. The summed E-state index contributed by atoms with van der Waals surface area (Å²) in [5.74, 6) is 0. The summed E-state index contributed by atoms with van der Waals surface area (Å²) in [7, 11) is -9.40. The molecule has 0 radical (unpaired) electrons. The first-order valence-corrected chi connectivity index (χ1v) is 10.5. The molecule has 8 nitrogen and oxygen atoms in total. The summed E-state index contributed by atoms with van der Waals surface area (Å²) in [4.78, 5) is 0. The van der Waals surface area contributed by atoms with Crippen LogP contribution in [0.25, 0.3) is 0 Å². The van der Waals surface area contributed by atoms with Gasteiger partial charge in [-0.25, -0.2) is 0 Å². The van der Waals surface area contributed by atoms with Crippen molar-refractivity contribution in [1.29, 1.82) is 0 Å². The lowest BCUT2D eigenvalue weighted by Gasteiger charge is -2.08. The van der Waals surface area contributed by atoms with Crippen LogP contribution < -0.4 is 10.6 Å². The lowest BCUT2D eigenvalue weighted by atomic mass is 10.2. The summed E-state index contributed by atoms with van der Waals surface area (Å²) in [6.45, 7) is 5.66. The van der Waals surface area contributed by atoms with Gasteiger partial charge in [-0.1, -0.05) is 12.8 Å². The zero-order valence-electron chi connectivity index (χ0n) is 13.0. The summed E-state index contributed by atoms with van der Waals surface area (Å²) in [5, 5.41) is 6.57. The molecule has 134 valence electrons. The molecule has 0 saturated carbocycles. The van der Waals surface area contributed by atoms with Gasteiger partial charge in [0.1, 0.15) is 0 Å². The Bertz CT molecular complexity index is 403. The zero-order valence-corrected chi connectivity index (χ0v) is 14.6. The quantitative estimate of drug-likeness (QED) is 0.527. The third-order valence-corrected chi connectivity index (χ3v) is 6.39. The minimum absolute atomic E-state index is 0.657. The number of hydrogen-bond acceptors (Lipinski definition) is 6. The van der Waals surface area contributed by atoms with E-state index in [9.17, 15) is 16.8 Å². The Balaban J connectivity index is 0.000000315. The average Bonchev–Trinajstić information content (AvgIpc) is 2.49. The minimum Gasteiger partial charge on any atom is -0.317 e. The van der Waals surface area contributed by atoms with Gasteiger partial charge >= 0.3 is 0 Å². The molecule has 0 unspecified atom stereocenters. The van der Waals surface area contributed by atoms with Crippen molar-refractivity contribution < 1.29 is 25.9 Å². The van der Waals surface area contributed by atoms with Gasteiger partial charge in [-0.05, 0) is 58.8 Å². The van der Waals surface area contributed by atoms with Crippen molar-refractivity contribution in [2.45, 2.75) is 50.0 Å². The van der Waals surface area contributed by atoms with E-state index in [1.54, 1.807) is 0 Å². The fraction of sp³-hybridized carbons (Fsp3) is 1.00. The van der Waals surface area contributed by atoms with Gasteiger partial charge in [0.2, 0.25) is 4.58 Å². The van der Waals surface area contributed by atoms with Gasteiger partial charge in [0, 0.05) is 0 Å². The standard InChI is InChI=1S/2C5H11N.C2H6O6S2/c2*1-2-4-6-5-3-1;1-2(9(3,4)5)10(6,7)8/h2*6H,1-5H2;2H,1H3,(H,3,4,5)(H,6,7,8). The third kappa shape index (κ3) is 12.3. The largest absolute Gasteiger partial charge is 0.317 e. The van der Waals surface area contributed by atoms with Crippen molar-refractivity contribution in [2.75, 3.05) is 26.2 Å². The van der Waals surface area contributed by atoms with E-state index in [2.05, 4.69) is 10.6 Å². The van der Waals surface area contributed by atoms with Crippen LogP contribution in [0.3, 0.4) is 0 Å². The Morgan fingerprint density at radius 1 is 0.682 bits per heavy atom. The van der Waals surface area contributed by atoms with Gasteiger partial charge in [0.25, 0.3) is 20.2 Å². The molecule has 2 heterocycles. The van der Waals surface area contributed by atoms with E-state index < -0.39 is 24.8 Å². The molecule has 0 spiro atoms. The first-order chi connectivity index (χ1) is 10.2. The Kier molecular flexibility index (Phi) is 11.2. The van der Waals surface area contributed by atoms with Gasteiger partial charge < -0.3 is 10.6 Å². The van der Waals surface area contributed by atoms with Crippen molar-refractivity contribution in [3.63, 3.8) is 0 Å². The molecule has 22 heavy (non-hydrogen) atoms. The normalized spacial score (nSPS) is 19.5. The van der Waals surface area contributed by atoms with Crippen molar-refractivity contribution in [1.82, 2.24) is 10.6 Å². The molecule has 0 aromatic rings. The van der Waals surface area contributed by atoms with E-state index in [-0.39, 0.29) is 0 Å². The van der Waals surface area contributed by atoms with E-state index in [1.165, 1.54) is 64.7 Å². The first-order valence-electron chi connectivity index (χ1n) is 7.49. The zero-order chi connectivity index (χ0) is 17.1. The van der Waals surface area contributed by atoms with Crippen LogP contribution >= 0.6 is 0 Å². The van der Waals surface area contributed by atoms with Gasteiger partial charge in [-0.15, -0.1) is 0 Å². The van der Waals surface area contributed by atoms with Crippen LogP contribution in [-0.4, -0.2) is 56.7 Å². The van der Waals surface area contributed by atoms with E-state index in [1.807, 2.05) is 0 Å². The SMILES string of the molecule is C1CCNCC1.C1CCNCC1.CC(S(=O)(=O)O)S(=O)(=O)O. The van der Waals surface area contributed by atoms with Gasteiger partial charge in [-0.3, -0.25) is 9.11 Å². The number of nitrogens with one attached hydrogen (secondary N) is 2. The molecular weight excluding hydrogens is 332 g/mol. The highest BCUT2D eigenvalue weighted by Gasteiger charge is 2.29. The molecule has 0 amide bonds. The number of hydrogen-bond donors (Lipinski definition) is 4. The molecule has 2 saturated heterocycles. The van der Waals surface area contributed by atoms with E-state index in [0.29, 0.717) is 6.92 Å². The molecule has 0 aromatic carbocycles. The second-order valence-corrected chi connectivity index (χ2v) is 8.99. The number of piperidine rings is 2. The molecule has 10 heteroatoms. The van der Waals surface area contributed by atoms with Gasteiger partial charge in [0.05, 0.1) is 0 Å². The highest BCUT2D eigenvalue weighted by atomic mass is 32.3. The predicted octanol–water partition coefficient (Wildman–Crippen LogP) is 0.628. The Morgan fingerprint density at radius 3 is 1.00 bits per heavy atom. The maximum Gasteiger partial charge on any atom is 0.284 e. The summed E-state index contributed by atoms with van der Waals surface area (Å²) in [6.07, 6.45) is 8.43. The molecule has 2 fully saturated rings. The van der Waals surface area contributed by atoms with Crippen LogP contribution in [-0.2, 0) is 20.2 Å². The minimum atomic E-state index is -4.70. The molecule has 2 rings (SSSR count). The summed E-state index contributed by atoms with van der Waals surface area (Å²) < 4.78 is 53.9. The Hall–Kier alpha value is -0.260. The van der Waals surface area contributed by atoms with Crippen molar-refractivity contribution >= 4 is 20.2 Å². The molecule has 2 aliphatic rings.